The second-order valence-electron chi connectivity index (χ2n) is 7.15. The lowest BCUT2D eigenvalue weighted by molar-refractivity contribution is -0.384. The molecule has 1 saturated carbocycles. The summed E-state index contributed by atoms with van der Waals surface area (Å²) in [5.41, 5.74) is 0.797. The molecular formula is C18H22N6O3. The maximum atomic E-state index is 11.8. The quantitative estimate of drug-likeness (QED) is 0.639. The Morgan fingerprint density at radius 1 is 1.33 bits per heavy atom. The van der Waals surface area contributed by atoms with Crippen LogP contribution in [-0.2, 0) is 0 Å². The van der Waals surface area contributed by atoms with Crippen LogP contribution >= 0.6 is 0 Å². The van der Waals surface area contributed by atoms with E-state index in [0.29, 0.717) is 18.3 Å². The number of amides is 1. The molecule has 0 bridgehead atoms. The predicted octanol–water partition coefficient (Wildman–Crippen LogP) is 2.26. The molecule has 1 saturated heterocycles. The molecule has 0 radical (unpaired) electrons. The Morgan fingerprint density at radius 3 is 2.85 bits per heavy atom. The average Bonchev–Trinajstić information content (AvgIpc) is 3.43. The van der Waals surface area contributed by atoms with Crippen LogP contribution in [0.15, 0.2) is 24.5 Å². The Kier molecular flexibility index (Phi) is 4.51. The van der Waals surface area contributed by atoms with Crippen LogP contribution in [0, 0.1) is 10.1 Å². The third-order valence-corrected chi connectivity index (χ3v) is 5.33. The molecule has 1 aliphatic heterocycles. The largest absolute Gasteiger partial charge is 0.365 e. The first-order valence-corrected chi connectivity index (χ1v) is 9.23. The van der Waals surface area contributed by atoms with Crippen molar-refractivity contribution >= 4 is 17.3 Å². The molecule has 1 aromatic heterocycles. The van der Waals surface area contributed by atoms with Gasteiger partial charge in [-0.05, 0) is 37.8 Å². The van der Waals surface area contributed by atoms with E-state index in [1.54, 1.807) is 18.5 Å². The summed E-state index contributed by atoms with van der Waals surface area (Å²) < 4.78 is 2.16. The molecule has 2 aliphatic rings. The molecule has 9 heteroatoms. The van der Waals surface area contributed by atoms with Gasteiger partial charge in [0.2, 0.25) is 0 Å². The molecule has 1 aromatic carbocycles. The van der Waals surface area contributed by atoms with E-state index in [0.717, 1.165) is 38.1 Å². The van der Waals surface area contributed by atoms with E-state index in [-0.39, 0.29) is 23.1 Å². The van der Waals surface area contributed by atoms with Crippen molar-refractivity contribution in [2.24, 2.45) is 0 Å². The van der Waals surface area contributed by atoms with Gasteiger partial charge in [-0.3, -0.25) is 14.9 Å². The summed E-state index contributed by atoms with van der Waals surface area (Å²) in [6.07, 6.45) is 6.04. The van der Waals surface area contributed by atoms with Gasteiger partial charge in [0.25, 0.3) is 11.6 Å². The molecule has 4 rings (SSSR count). The van der Waals surface area contributed by atoms with Gasteiger partial charge in [-0.2, -0.15) is 0 Å². The van der Waals surface area contributed by atoms with Gasteiger partial charge >= 0.3 is 0 Å². The number of nitro groups is 1. The number of carbonyl (C=O) groups excluding carboxylic acids is 1. The summed E-state index contributed by atoms with van der Waals surface area (Å²) >= 11 is 0. The molecule has 2 heterocycles. The van der Waals surface area contributed by atoms with Gasteiger partial charge in [-0.25, -0.2) is 0 Å². The standard InChI is InChI=1S/C18H22N6O3/c1-19-18(25)12-4-7-15(16(9-12)24(26)27)22-8-2-3-13(10-22)17-21-20-11-23(17)14-5-6-14/h4,7,9,11,13-14H,2-3,5-6,8,10H2,1H3,(H,19,25). The number of nitrogens with one attached hydrogen (secondary N) is 1. The monoisotopic (exact) mass is 370 g/mol. The minimum atomic E-state index is -0.419. The Morgan fingerprint density at radius 2 is 2.15 bits per heavy atom. The number of nitrogens with zero attached hydrogens (tertiary/aromatic N) is 5. The SMILES string of the molecule is CNC(=O)c1ccc(N2CCCC(c3nncn3C3CC3)C2)c([N+](=O)[O-])c1. The number of carbonyl (C=O) groups is 1. The van der Waals surface area contributed by atoms with E-state index in [2.05, 4.69) is 20.1 Å². The molecule has 1 aliphatic carbocycles. The highest BCUT2D eigenvalue weighted by atomic mass is 16.6. The number of benzene rings is 1. The molecule has 1 N–H and O–H groups in total. The third kappa shape index (κ3) is 3.36. The van der Waals surface area contributed by atoms with Crippen LogP contribution in [0.5, 0.6) is 0 Å². The Bertz CT molecular complexity index is 876. The Balaban J connectivity index is 1.61. The number of nitro benzene ring substituents is 1. The highest BCUT2D eigenvalue weighted by Gasteiger charge is 2.33. The highest BCUT2D eigenvalue weighted by Crippen LogP contribution is 2.39. The van der Waals surface area contributed by atoms with Crippen molar-refractivity contribution in [1.29, 1.82) is 0 Å². The van der Waals surface area contributed by atoms with E-state index in [1.807, 2.05) is 4.90 Å². The van der Waals surface area contributed by atoms with Crippen LogP contribution in [0.1, 0.15) is 53.8 Å². The highest BCUT2D eigenvalue weighted by molar-refractivity contribution is 5.95. The summed E-state index contributed by atoms with van der Waals surface area (Å²) in [6, 6.07) is 5.17. The smallest absolute Gasteiger partial charge is 0.293 e. The van der Waals surface area contributed by atoms with E-state index in [9.17, 15) is 14.9 Å². The molecule has 9 nitrogen and oxygen atoms in total. The van der Waals surface area contributed by atoms with E-state index < -0.39 is 4.92 Å². The first-order chi connectivity index (χ1) is 13.1. The van der Waals surface area contributed by atoms with Gasteiger partial charge in [0.15, 0.2) is 0 Å². The molecule has 1 amide bonds. The number of anilines is 1. The molecular weight excluding hydrogens is 348 g/mol. The minimum absolute atomic E-state index is 0.0413. The molecule has 1 atom stereocenters. The summed E-state index contributed by atoms with van der Waals surface area (Å²) in [7, 11) is 1.51. The van der Waals surface area contributed by atoms with Crippen molar-refractivity contribution in [3.63, 3.8) is 0 Å². The van der Waals surface area contributed by atoms with Crippen molar-refractivity contribution in [3.8, 4) is 0 Å². The van der Waals surface area contributed by atoms with Gasteiger partial charge in [0.05, 0.1) is 4.92 Å². The summed E-state index contributed by atoms with van der Waals surface area (Å²) in [4.78, 5) is 25.1. The van der Waals surface area contributed by atoms with Crippen LogP contribution in [-0.4, -0.2) is 45.7 Å². The lowest BCUT2D eigenvalue weighted by Gasteiger charge is -2.33. The van der Waals surface area contributed by atoms with Crippen molar-refractivity contribution in [2.75, 3.05) is 25.0 Å². The topological polar surface area (TPSA) is 106 Å². The van der Waals surface area contributed by atoms with Crippen LogP contribution in [0.2, 0.25) is 0 Å². The summed E-state index contributed by atoms with van der Waals surface area (Å²) in [5.74, 6) is 0.839. The molecule has 27 heavy (non-hydrogen) atoms. The van der Waals surface area contributed by atoms with Gasteiger partial charge in [-0.1, -0.05) is 0 Å². The number of rotatable bonds is 5. The van der Waals surface area contributed by atoms with Gasteiger partial charge < -0.3 is 14.8 Å². The number of piperidine rings is 1. The fourth-order valence-corrected chi connectivity index (χ4v) is 3.81. The molecule has 0 spiro atoms. The van der Waals surface area contributed by atoms with Gasteiger partial charge in [0.1, 0.15) is 17.8 Å². The second-order valence-corrected chi connectivity index (χ2v) is 7.15. The Hall–Kier alpha value is -2.97. The zero-order valence-corrected chi connectivity index (χ0v) is 15.2. The van der Waals surface area contributed by atoms with Gasteiger partial charge in [0, 0.05) is 43.7 Å². The maximum Gasteiger partial charge on any atom is 0.293 e. The lowest BCUT2D eigenvalue weighted by Crippen LogP contribution is -2.35. The number of aromatic nitrogens is 3. The average molecular weight is 370 g/mol. The normalized spacial score (nSPS) is 19.7. The second kappa shape index (κ2) is 6.98. The maximum absolute atomic E-state index is 11.8. The predicted molar refractivity (Wildman–Crippen MR) is 99.0 cm³/mol. The zero-order chi connectivity index (χ0) is 19.0. The number of hydrogen-bond acceptors (Lipinski definition) is 6. The zero-order valence-electron chi connectivity index (χ0n) is 15.2. The van der Waals surface area contributed by atoms with Crippen molar-refractivity contribution in [3.05, 3.63) is 46.0 Å². The van der Waals surface area contributed by atoms with Crippen LogP contribution in [0.4, 0.5) is 11.4 Å². The van der Waals surface area contributed by atoms with Crippen molar-refractivity contribution < 1.29 is 9.72 Å². The van der Waals surface area contributed by atoms with Crippen LogP contribution in [0.25, 0.3) is 0 Å². The summed E-state index contributed by atoms with van der Waals surface area (Å²) in [5, 5.41) is 22.5. The fourth-order valence-electron chi connectivity index (χ4n) is 3.81. The molecule has 142 valence electrons. The first kappa shape index (κ1) is 17.4. The number of hydrogen-bond donors (Lipinski definition) is 1. The van der Waals surface area contributed by atoms with E-state index >= 15 is 0 Å². The van der Waals surface area contributed by atoms with Crippen LogP contribution < -0.4 is 10.2 Å². The molecule has 1 unspecified atom stereocenters. The fraction of sp³-hybridized carbons (Fsp3) is 0.500. The first-order valence-electron chi connectivity index (χ1n) is 9.23. The van der Waals surface area contributed by atoms with Crippen molar-refractivity contribution in [2.45, 2.75) is 37.6 Å². The molecule has 2 fully saturated rings. The summed E-state index contributed by atoms with van der Waals surface area (Å²) in [6.45, 7) is 1.40. The molecule has 2 aromatic rings. The van der Waals surface area contributed by atoms with Gasteiger partial charge in [-0.15, -0.1) is 10.2 Å². The van der Waals surface area contributed by atoms with Crippen LogP contribution in [0.3, 0.4) is 0 Å². The Labute approximate surface area is 156 Å². The third-order valence-electron chi connectivity index (χ3n) is 5.33. The lowest BCUT2D eigenvalue weighted by atomic mass is 9.96. The minimum Gasteiger partial charge on any atom is -0.365 e. The van der Waals surface area contributed by atoms with E-state index in [4.69, 9.17) is 0 Å². The van der Waals surface area contributed by atoms with E-state index in [1.165, 1.54) is 13.1 Å². The van der Waals surface area contributed by atoms with Crippen molar-refractivity contribution in [1.82, 2.24) is 20.1 Å².